The van der Waals surface area contributed by atoms with Crippen LogP contribution in [-0.2, 0) is 11.3 Å². The van der Waals surface area contributed by atoms with Gasteiger partial charge < -0.3 is 20.1 Å². The summed E-state index contributed by atoms with van der Waals surface area (Å²) in [4.78, 5) is 45.0. The van der Waals surface area contributed by atoms with Crippen LogP contribution in [0.25, 0.3) is 11.7 Å². The van der Waals surface area contributed by atoms with Gasteiger partial charge in [0.25, 0.3) is 17.4 Å². The highest BCUT2D eigenvalue weighted by Gasteiger charge is 2.30. The summed E-state index contributed by atoms with van der Waals surface area (Å²) in [6.45, 7) is 6.66. The van der Waals surface area contributed by atoms with E-state index in [1.165, 1.54) is 15.2 Å². The minimum absolute atomic E-state index is 0.0236. The maximum absolute atomic E-state index is 13.4. The summed E-state index contributed by atoms with van der Waals surface area (Å²) in [6, 6.07) is 1.74. The molecule has 2 aliphatic rings. The molecule has 1 aliphatic heterocycles. The Morgan fingerprint density at radius 1 is 1.33 bits per heavy atom. The van der Waals surface area contributed by atoms with E-state index in [0.29, 0.717) is 48.0 Å². The molecule has 11 heteroatoms. The normalized spacial score (nSPS) is 15.4. The first kappa shape index (κ1) is 23.6. The van der Waals surface area contributed by atoms with Crippen molar-refractivity contribution in [1.29, 1.82) is 0 Å². The van der Waals surface area contributed by atoms with Gasteiger partial charge in [-0.15, -0.1) is 0 Å². The third kappa shape index (κ3) is 4.21. The molecule has 0 radical (unpaired) electrons. The third-order valence-corrected chi connectivity index (χ3v) is 6.19. The first-order valence-electron chi connectivity index (χ1n) is 12.0. The van der Waals surface area contributed by atoms with E-state index >= 15 is 0 Å². The molecule has 3 aromatic heterocycles. The van der Waals surface area contributed by atoms with Gasteiger partial charge in [0.2, 0.25) is 5.88 Å². The van der Waals surface area contributed by atoms with Gasteiger partial charge >= 0.3 is 0 Å². The molecular formula is C25H28N6O5. The van der Waals surface area contributed by atoms with Crippen LogP contribution in [-0.4, -0.2) is 55.3 Å². The summed E-state index contributed by atoms with van der Waals surface area (Å²) in [5.41, 5.74) is 1.03. The van der Waals surface area contributed by atoms with Gasteiger partial charge in [-0.05, 0) is 37.8 Å². The topological polar surface area (TPSA) is 131 Å². The number of ether oxygens (including phenoxy) is 1. The maximum atomic E-state index is 13.4. The number of hydrogen-bond acceptors (Lipinski definition) is 7. The maximum Gasteiger partial charge on any atom is 0.270 e. The van der Waals surface area contributed by atoms with Crippen molar-refractivity contribution in [2.75, 3.05) is 18.1 Å². The number of carbonyl (C=O) groups excluding carboxylic acids is 2. The molecule has 11 nitrogen and oxygen atoms in total. The molecule has 0 spiro atoms. The summed E-state index contributed by atoms with van der Waals surface area (Å²) in [7, 11) is 0. The average Bonchev–Trinajstić information content (AvgIpc) is 3.60. The number of pyridine rings is 1. The number of nitrogens with zero attached hydrogens (tertiary/aromatic N) is 5. The van der Waals surface area contributed by atoms with Gasteiger partial charge in [-0.25, -0.2) is 0 Å². The third-order valence-electron chi connectivity index (χ3n) is 6.19. The van der Waals surface area contributed by atoms with Crippen molar-refractivity contribution in [2.24, 2.45) is 5.92 Å². The van der Waals surface area contributed by atoms with Gasteiger partial charge in [-0.1, -0.05) is 13.8 Å². The van der Waals surface area contributed by atoms with E-state index in [0.717, 1.165) is 12.8 Å². The zero-order valence-corrected chi connectivity index (χ0v) is 20.4. The molecule has 188 valence electrons. The minimum atomic E-state index is -0.611. The molecule has 2 N–H and O–H groups in total. The minimum Gasteiger partial charge on any atom is -0.492 e. The lowest BCUT2D eigenvalue weighted by molar-refractivity contribution is -0.114. The van der Waals surface area contributed by atoms with Crippen LogP contribution in [0.1, 0.15) is 48.3 Å². The van der Waals surface area contributed by atoms with E-state index < -0.39 is 17.3 Å². The summed E-state index contributed by atoms with van der Waals surface area (Å²) in [6.07, 6.45) is 7.87. The van der Waals surface area contributed by atoms with Crippen molar-refractivity contribution >= 4 is 29.2 Å². The van der Waals surface area contributed by atoms with Crippen LogP contribution in [0.4, 0.5) is 5.69 Å². The predicted molar refractivity (Wildman–Crippen MR) is 132 cm³/mol. The fraction of sp³-hybridized carbons (Fsp3) is 0.400. The largest absolute Gasteiger partial charge is 0.492 e. The van der Waals surface area contributed by atoms with Gasteiger partial charge in [-0.2, -0.15) is 9.61 Å². The van der Waals surface area contributed by atoms with Crippen molar-refractivity contribution in [3.8, 4) is 11.6 Å². The SMILES string of the molecule is Cc1nn2c(O)c(C(=O)NC3CC3)c(=O)n(CC(C)C)c2c1C=CC(=O)N1CCOc2cnccc21. The van der Waals surface area contributed by atoms with E-state index in [1.807, 2.05) is 13.8 Å². The Morgan fingerprint density at radius 2 is 2.11 bits per heavy atom. The molecule has 4 heterocycles. The first-order valence-corrected chi connectivity index (χ1v) is 12.0. The molecule has 0 saturated heterocycles. The molecular weight excluding hydrogens is 464 g/mol. The molecule has 1 saturated carbocycles. The quantitative estimate of drug-likeness (QED) is 0.503. The number of anilines is 1. The van der Waals surface area contributed by atoms with Crippen molar-refractivity contribution in [2.45, 2.75) is 46.2 Å². The molecule has 2 amide bonds. The second-order valence-electron chi connectivity index (χ2n) is 9.51. The summed E-state index contributed by atoms with van der Waals surface area (Å²) < 4.78 is 8.24. The van der Waals surface area contributed by atoms with E-state index in [2.05, 4.69) is 15.4 Å². The zero-order chi connectivity index (χ0) is 25.6. The number of rotatable bonds is 6. The first-order chi connectivity index (χ1) is 17.3. The summed E-state index contributed by atoms with van der Waals surface area (Å²) >= 11 is 0. The highest BCUT2D eigenvalue weighted by Crippen LogP contribution is 2.31. The fourth-order valence-corrected chi connectivity index (χ4v) is 4.33. The van der Waals surface area contributed by atoms with Crippen molar-refractivity contribution in [3.05, 3.63) is 51.7 Å². The Bertz CT molecular complexity index is 1450. The molecule has 0 aromatic carbocycles. The lowest BCUT2D eigenvalue weighted by Gasteiger charge is -2.28. The Labute approximate surface area is 207 Å². The van der Waals surface area contributed by atoms with Gasteiger partial charge in [0.1, 0.15) is 12.3 Å². The fourth-order valence-electron chi connectivity index (χ4n) is 4.33. The highest BCUT2D eigenvalue weighted by atomic mass is 16.5. The number of carbonyl (C=O) groups is 2. The van der Waals surface area contributed by atoms with Crippen molar-refractivity contribution in [1.82, 2.24) is 24.5 Å². The van der Waals surface area contributed by atoms with Crippen molar-refractivity contribution in [3.63, 3.8) is 0 Å². The standard InChI is InChI=1S/C25H28N6O5/c1-14(2)13-30-23-17(6-7-20(32)29-10-11-36-19-12-26-9-8-18(19)29)15(3)28-31(23)25(35)21(24(30)34)22(33)27-16-4-5-16/h6-9,12,14,16,35H,4-5,10-11,13H2,1-3H3,(H,27,33). The summed E-state index contributed by atoms with van der Waals surface area (Å²) in [5, 5.41) is 18.1. The number of fused-ring (bicyclic) bond motifs is 2. The predicted octanol–water partition coefficient (Wildman–Crippen LogP) is 1.89. The molecule has 1 fully saturated rings. The van der Waals surface area contributed by atoms with Gasteiger partial charge in [0, 0.05) is 30.4 Å². The van der Waals surface area contributed by atoms with E-state index in [9.17, 15) is 19.5 Å². The van der Waals surface area contributed by atoms with Crippen LogP contribution in [0.5, 0.6) is 11.6 Å². The Kier molecular flexibility index (Phi) is 5.99. The van der Waals surface area contributed by atoms with Crippen molar-refractivity contribution < 1.29 is 19.4 Å². The molecule has 0 bridgehead atoms. The highest BCUT2D eigenvalue weighted by molar-refractivity contribution is 6.05. The molecule has 0 atom stereocenters. The second kappa shape index (κ2) is 9.14. The Hall–Kier alpha value is -4.15. The van der Waals surface area contributed by atoms with Crippen LogP contribution in [0.2, 0.25) is 0 Å². The lowest BCUT2D eigenvalue weighted by atomic mass is 10.1. The summed E-state index contributed by atoms with van der Waals surface area (Å²) in [5.74, 6) is -0.795. The number of nitrogens with one attached hydrogen (secondary N) is 1. The number of aryl methyl sites for hydroxylation is 1. The molecule has 5 rings (SSSR count). The van der Waals surface area contributed by atoms with Crippen LogP contribution in [0.15, 0.2) is 29.3 Å². The monoisotopic (exact) mass is 492 g/mol. The second-order valence-corrected chi connectivity index (χ2v) is 9.51. The van der Waals surface area contributed by atoms with Gasteiger partial charge in [0.15, 0.2) is 11.3 Å². The number of amides is 2. The molecule has 36 heavy (non-hydrogen) atoms. The van der Waals surface area contributed by atoms with Crippen LogP contribution in [0.3, 0.4) is 0 Å². The number of hydrogen-bond donors (Lipinski definition) is 2. The van der Waals surface area contributed by atoms with Crippen LogP contribution < -0.4 is 20.5 Å². The smallest absolute Gasteiger partial charge is 0.270 e. The van der Waals surface area contributed by atoms with E-state index in [1.54, 1.807) is 36.4 Å². The zero-order valence-electron chi connectivity index (χ0n) is 20.4. The molecule has 1 aliphatic carbocycles. The number of aromatic hydroxyl groups is 1. The van der Waals surface area contributed by atoms with Crippen LogP contribution in [0, 0.1) is 12.8 Å². The average molecular weight is 493 g/mol. The Balaban J connectivity index is 1.58. The lowest BCUT2D eigenvalue weighted by Crippen LogP contribution is -2.37. The van der Waals surface area contributed by atoms with Crippen LogP contribution >= 0.6 is 0 Å². The van der Waals surface area contributed by atoms with E-state index in [4.69, 9.17) is 4.74 Å². The number of aromatic nitrogens is 4. The van der Waals surface area contributed by atoms with Gasteiger partial charge in [0.05, 0.1) is 24.1 Å². The van der Waals surface area contributed by atoms with E-state index in [-0.39, 0.29) is 23.4 Å². The molecule has 3 aromatic rings. The van der Waals surface area contributed by atoms with Gasteiger partial charge in [-0.3, -0.25) is 23.9 Å². The Morgan fingerprint density at radius 3 is 2.83 bits per heavy atom. The molecule has 0 unspecified atom stereocenters.